The van der Waals surface area contributed by atoms with Crippen molar-refractivity contribution < 1.29 is 9.53 Å². The zero-order valence-corrected chi connectivity index (χ0v) is 11.6. The summed E-state index contributed by atoms with van der Waals surface area (Å²) in [7, 11) is 0. The van der Waals surface area contributed by atoms with Crippen molar-refractivity contribution in [1.29, 1.82) is 0 Å². The van der Waals surface area contributed by atoms with Crippen molar-refractivity contribution in [3.8, 4) is 0 Å². The molecule has 0 aromatic carbocycles. The first-order chi connectivity index (χ1) is 7.90. The standard InChI is InChI=1S/C14H21ClO2/c1-10(16)17-8-4-6-13(2)11-5-7-14(13,3)12(15)9-11/h4,8,11-12H,5-7,9H2,1-3H3/b8-4+. The van der Waals surface area contributed by atoms with Gasteiger partial charge in [-0.1, -0.05) is 13.8 Å². The van der Waals surface area contributed by atoms with E-state index < -0.39 is 0 Å². The molecule has 0 radical (unpaired) electrons. The molecule has 2 saturated carbocycles. The van der Waals surface area contributed by atoms with E-state index in [1.807, 2.05) is 6.08 Å². The van der Waals surface area contributed by atoms with Crippen molar-refractivity contribution in [2.75, 3.05) is 0 Å². The summed E-state index contributed by atoms with van der Waals surface area (Å²) in [5.41, 5.74) is 0.496. The molecule has 2 nitrogen and oxygen atoms in total. The van der Waals surface area contributed by atoms with Crippen molar-refractivity contribution >= 4 is 17.6 Å². The van der Waals surface area contributed by atoms with E-state index in [1.54, 1.807) is 0 Å². The van der Waals surface area contributed by atoms with E-state index in [9.17, 15) is 4.79 Å². The number of hydrogen-bond donors (Lipinski definition) is 0. The van der Waals surface area contributed by atoms with Crippen LogP contribution >= 0.6 is 11.6 Å². The molecule has 4 unspecified atom stereocenters. The van der Waals surface area contributed by atoms with Crippen LogP contribution in [-0.4, -0.2) is 11.3 Å². The second-order valence-electron chi connectivity index (χ2n) is 5.96. The van der Waals surface area contributed by atoms with E-state index in [4.69, 9.17) is 16.3 Å². The Balaban J connectivity index is 2.05. The monoisotopic (exact) mass is 256 g/mol. The summed E-state index contributed by atoms with van der Waals surface area (Å²) in [6.45, 7) is 6.07. The van der Waals surface area contributed by atoms with E-state index in [1.165, 1.54) is 26.0 Å². The summed E-state index contributed by atoms with van der Waals surface area (Å²) in [4.78, 5) is 10.7. The van der Waals surface area contributed by atoms with Crippen LogP contribution < -0.4 is 0 Å². The van der Waals surface area contributed by atoms with Gasteiger partial charge in [0.25, 0.3) is 0 Å². The molecule has 3 heteroatoms. The minimum Gasteiger partial charge on any atom is -0.435 e. The van der Waals surface area contributed by atoms with Crippen LogP contribution in [0.3, 0.4) is 0 Å². The van der Waals surface area contributed by atoms with E-state index in [-0.39, 0.29) is 16.8 Å². The van der Waals surface area contributed by atoms with Crippen LogP contribution in [0.5, 0.6) is 0 Å². The number of rotatable bonds is 3. The number of carbonyl (C=O) groups excluding carboxylic acids is 1. The maximum atomic E-state index is 10.7. The van der Waals surface area contributed by atoms with Gasteiger partial charge in [-0.05, 0) is 48.5 Å². The fraction of sp³-hybridized carbons (Fsp3) is 0.786. The first-order valence-corrected chi connectivity index (χ1v) is 6.80. The van der Waals surface area contributed by atoms with Crippen molar-refractivity contribution in [3.63, 3.8) is 0 Å². The number of fused-ring (bicyclic) bond motifs is 2. The predicted octanol–water partition coefficient (Wildman–Crippen LogP) is 3.89. The fourth-order valence-corrected chi connectivity index (χ4v) is 4.36. The number of hydrogen-bond acceptors (Lipinski definition) is 2. The highest BCUT2D eigenvalue weighted by molar-refractivity contribution is 6.21. The molecule has 2 rings (SSSR count). The van der Waals surface area contributed by atoms with Gasteiger partial charge >= 0.3 is 5.97 Å². The van der Waals surface area contributed by atoms with E-state index >= 15 is 0 Å². The number of allylic oxidation sites excluding steroid dienone is 1. The van der Waals surface area contributed by atoms with Gasteiger partial charge in [0.15, 0.2) is 0 Å². The van der Waals surface area contributed by atoms with Gasteiger partial charge in [-0.25, -0.2) is 0 Å². The largest absolute Gasteiger partial charge is 0.435 e. The van der Waals surface area contributed by atoms with Crippen molar-refractivity contribution in [1.82, 2.24) is 0 Å². The van der Waals surface area contributed by atoms with Gasteiger partial charge in [0.05, 0.1) is 6.26 Å². The topological polar surface area (TPSA) is 26.3 Å². The molecule has 2 bridgehead atoms. The Hall–Kier alpha value is -0.500. The first-order valence-electron chi connectivity index (χ1n) is 6.36. The Morgan fingerprint density at radius 2 is 2.24 bits per heavy atom. The Labute approximate surface area is 108 Å². The van der Waals surface area contributed by atoms with Gasteiger partial charge in [-0.3, -0.25) is 4.79 Å². The molecule has 2 aliphatic carbocycles. The van der Waals surface area contributed by atoms with Gasteiger partial charge < -0.3 is 4.74 Å². The molecule has 4 atom stereocenters. The number of ether oxygens (including phenoxy) is 1. The van der Waals surface area contributed by atoms with Gasteiger partial charge in [0.1, 0.15) is 0 Å². The summed E-state index contributed by atoms with van der Waals surface area (Å²) in [5, 5.41) is 0.299. The normalized spacial score (nSPS) is 44.5. The van der Waals surface area contributed by atoms with Crippen LogP contribution in [0.1, 0.15) is 46.5 Å². The Morgan fingerprint density at radius 3 is 2.71 bits per heavy atom. The lowest BCUT2D eigenvalue weighted by molar-refractivity contribution is -0.135. The average Bonchev–Trinajstić information content (AvgIpc) is 2.59. The molecule has 2 aliphatic rings. The molecule has 0 aromatic rings. The maximum absolute atomic E-state index is 10.7. The van der Waals surface area contributed by atoms with Crippen molar-refractivity contribution in [3.05, 3.63) is 12.3 Å². The summed E-state index contributed by atoms with van der Waals surface area (Å²) >= 11 is 6.49. The highest BCUT2D eigenvalue weighted by Crippen LogP contribution is 2.68. The Morgan fingerprint density at radius 1 is 1.53 bits per heavy atom. The van der Waals surface area contributed by atoms with Crippen LogP contribution in [0.4, 0.5) is 0 Å². The SMILES string of the molecule is CC(=O)O/C=C/CC1(C)C2CCC1(C)C(Cl)C2. The lowest BCUT2D eigenvalue weighted by Gasteiger charge is -2.39. The molecule has 0 aromatic heterocycles. The highest BCUT2D eigenvalue weighted by Gasteiger charge is 2.62. The van der Waals surface area contributed by atoms with Crippen molar-refractivity contribution in [2.45, 2.75) is 51.8 Å². The van der Waals surface area contributed by atoms with Gasteiger partial charge in [-0.2, -0.15) is 0 Å². The number of alkyl halides is 1. The second-order valence-corrected chi connectivity index (χ2v) is 6.49. The van der Waals surface area contributed by atoms with Crippen LogP contribution in [0.2, 0.25) is 0 Å². The maximum Gasteiger partial charge on any atom is 0.307 e. The number of halogens is 1. The fourth-order valence-electron chi connectivity index (χ4n) is 3.78. The van der Waals surface area contributed by atoms with Gasteiger partial charge in [-0.15, -0.1) is 11.6 Å². The summed E-state index contributed by atoms with van der Waals surface area (Å²) in [6.07, 6.45) is 8.10. The first kappa shape index (κ1) is 12.9. The van der Waals surface area contributed by atoms with Gasteiger partial charge in [0.2, 0.25) is 0 Å². The number of esters is 1. The molecule has 96 valence electrons. The van der Waals surface area contributed by atoms with E-state index in [0.29, 0.717) is 5.38 Å². The molecular formula is C14H21ClO2. The third-order valence-electron chi connectivity index (χ3n) is 5.27. The zero-order valence-electron chi connectivity index (χ0n) is 10.8. The second kappa shape index (κ2) is 4.31. The molecule has 0 spiro atoms. The van der Waals surface area contributed by atoms with Crippen LogP contribution in [0, 0.1) is 16.7 Å². The van der Waals surface area contributed by atoms with Crippen LogP contribution in [0.25, 0.3) is 0 Å². The lowest BCUT2D eigenvalue weighted by Crippen LogP contribution is -2.34. The molecule has 0 N–H and O–H groups in total. The van der Waals surface area contributed by atoms with Crippen LogP contribution in [-0.2, 0) is 9.53 Å². The Bertz CT molecular complexity index is 352. The molecule has 0 saturated heterocycles. The molecular weight excluding hydrogens is 236 g/mol. The van der Waals surface area contributed by atoms with Crippen LogP contribution in [0.15, 0.2) is 12.3 Å². The predicted molar refractivity (Wildman–Crippen MR) is 68.7 cm³/mol. The summed E-state index contributed by atoms with van der Waals surface area (Å²) in [5.74, 6) is 0.458. The van der Waals surface area contributed by atoms with E-state index in [0.717, 1.165) is 18.8 Å². The zero-order chi connectivity index (χ0) is 12.7. The van der Waals surface area contributed by atoms with Crippen molar-refractivity contribution in [2.24, 2.45) is 16.7 Å². The number of carbonyl (C=O) groups is 1. The minimum absolute atomic E-state index is 0.236. The summed E-state index contributed by atoms with van der Waals surface area (Å²) in [6, 6.07) is 0. The quantitative estimate of drug-likeness (QED) is 0.435. The van der Waals surface area contributed by atoms with Gasteiger partial charge in [0, 0.05) is 12.3 Å². The van der Waals surface area contributed by atoms with E-state index in [2.05, 4.69) is 13.8 Å². The third kappa shape index (κ3) is 1.91. The average molecular weight is 257 g/mol. The molecule has 2 fully saturated rings. The molecule has 0 amide bonds. The molecule has 0 aliphatic heterocycles. The molecule has 17 heavy (non-hydrogen) atoms. The minimum atomic E-state index is -0.262. The smallest absolute Gasteiger partial charge is 0.307 e. The summed E-state index contributed by atoms with van der Waals surface area (Å²) < 4.78 is 4.84. The lowest BCUT2D eigenvalue weighted by atomic mass is 9.67. The molecule has 0 heterocycles. The Kier molecular flexibility index (Phi) is 3.28. The highest BCUT2D eigenvalue weighted by atomic mass is 35.5. The third-order valence-corrected chi connectivity index (χ3v) is 5.93.